The largest absolute Gasteiger partial charge is 0.338 e. The van der Waals surface area contributed by atoms with E-state index in [1.165, 1.54) is 11.8 Å². The van der Waals surface area contributed by atoms with Gasteiger partial charge in [-0.3, -0.25) is 14.5 Å². The number of rotatable bonds is 2. The molecule has 3 heterocycles. The van der Waals surface area contributed by atoms with Crippen LogP contribution in [0.1, 0.15) is 0 Å². The van der Waals surface area contributed by atoms with Gasteiger partial charge in [-0.1, -0.05) is 11.8 Å². The summed E-state index contributed by atoms with van der Waals surface area (Å²) in [5.41, 5.74) is 0. The highest BCUT2D eigenvalue weighted by Crippen LogP contribution is 2.16. The molecule has 7 heteroatoms. The molecule has 100 valence electrons. The van der Waals surface area contributed by atoms with Gasteiger partial charge in [0.05, 0.1) is 0 Å². The van der Waals surface area contributed by atoms with Crippen molar-refractivity contribution < 1.29 is 9.59 Å². The molecule has 3 fully saturated rings. The summed E-state index contributed by atoms with van der Waals surface area (Å²) in [5, 5.41) is 5.91. The van der Waals surface area contributed by atoms with Crippen molar-refractivity contribution in [3.8, 4) is 0 Å². The van der Waals surface area contributed by atoms with E-state index in [2.05, 4.69) is 15.5 Å². The summed E-state index contributed by atoms with van der Waals surface area (Å²) < 4.78 is 0. The van der Waals surface area contributed by atoms with E-state index in [0.717, 1.165) is 39.3 Å². The smallest absolute Gasteiger partial charge is 0.279 e. The van der Waals surface area contributed by atoms with Gasteiger partial charge in [0.1, 0.15) is 6.04 Å². The Morgan fingerprint density at radius 3 is 2.44 bits per heavy atom. The summed E-state index contributed by atoms with van der Waals surface area (Å²) in [5.74, 6) is 0.657. The third kappa shape index (κ3) is 2.34. The second-order valence-electron chi connectivity index (χ2n) is 4.97. The SMILES string of the molecule is O=C1NC(C(=O)N2CCN(C3CNC3)CC2)CS1. The third-order valence-electron chi connectivity index (χ3n) is 3.87. The zero-order chi connectivity index (χ0) is 12.5. The number of carbonyl (C=O) groups excluding carboxylic acids is 2. The molecule has 1 atom stereocenters. The second-order valence-corrected chi connectivity index (χ2v) is 5.96. The maximum Gasteiger partial charge on any atom is 0.279 e. The molecule has 3 saturated heterocycles. The van der Waals surface area contributed by atoms with Crippen molar-refractivity contribution in [3.05, 3.63) is 0 Å². The van der Waals surface area contributed by atoms with E-state index in [9.17, 15) is 9.59 Å². The number of carbonyl (C=O) groups is 2. The van der Waals surface area contributed by atoms with Crippen LogP contribution < -0.4 is 10.6 Å². The summed E-state index contributed by atoms with van der Waals surface area (Å²) in [6, 6.07) is 0.350. The highest BCUT2D eigenvalue weighted by Gasteiger charge is 2.34. The Morgan fingerprint density at radius 2 is 1.94 bits per heavy atom. The minimum Gasteiger partial charge on any atom is -0.338 e. The number of nitrogens with zero attached hydrogens (tertiary/aromatic N) is 2. The van der Waals surface area contributed by atoms with Gasteiger partial charge in [0.25, 0.3) is 5.24 Å². The molecule has 0 bridgehead atoms. The fraction of sp³-hybridized carbons (Fsp3) is 0.818. The normalized spacial score (nSPS) is 30.1. The summed E-state index contributed by atoms with van der Waals surface area (Å²) in [4.78, 5) is 27.6. The monoisotopic (exact) mass is 270 g/mol. The lowest BCUT2D eigenvalue weighted by molar-refractivity contribution is -0.134. The van der Waals surface area contributed by atoms with Gasteiger partial charge in [-0.15, -0.1) is 0 Å². The number of hydrogen-bond donors (Lipinski definition) is 2. The summed E-state index contributed by atoms with van der Waals surface area (Å²) in [6.45, 7) is 5.61. The van der Waals surface area contributed by atoms with Gasteiger partial charge < -0.3 is 15.5 Å². The maximum atomic E-state index is 12.2. The number of hydrogen-bond acceptors (Lipinski definition) is 5. The third-order valence-corrected chi connectivity index (χ3v) is 4.75. The van der Waals surface area contributed by atoms with Gasteiger partial charge in [0, 0.05) is 51.1 Å². The zero-order valence-electron chi connectivity index (χ0n) is 10.2. The lowest BCUT2D eigenvalue weighted by Crippen LogP contribution is -2.63. The molecule has 3 rings (SSSR count). The number of piperazine rings is 1. The molecule has 3 aliphatic heterocycles. The fourth-order valence-electron chi connectivity index (χ4n) is 2.58. The minimum atomic E-state index is -0.306. The lowest BCUT2D eigenvalue weighted by atomic mass is 10.1. The molecular weight excluding hydrogens is 252 g/mol. The van der Waals surface area contributed by atoms with Crippen LogP contribution in [0.25, 0.3) is 0 Å². The van der Waals surface area contributed by atoms with Crippen LogP contribution in [-0.2, 0) is 4.79 Å². The van der Waals surface area contributed by atoms with Crippen molar-refractivity contribution >= 4 is 22.9 Å². The Kier molecular flexibility index (Phi) is 3.45. The van der Waals surface area contributed by atoms with Crippen LogP contribution >= 0.6 is 11.8 Å². The summed E-state index contributed by atoms with van der Waals surface area (Å²) in [7, 11) is 0. The zero-order valence-corrected chi connectivity index (χ0v) is 11.0. The van der Waals surface area contributed by atoms with Gasteiger partial charge in [0.15, 0.2) is 0 Å². The lowest BCUT2D eigenvalue weighted by Gasteiger charge is -2.43. The molecule has 0 spiro atoms. The van der Waals surface area contributed by atoms with E-state index in [1.54, 1.807) is 0 Å². The summed E-state index contributed by atoms with van der Waals surface area (Å²) >= 11 is 1.20. The van der Waals surface area contributed by atoms with Crippen LogP contribution in [0.4, 0.5) is 4.79 Å². The van der Waals surface area contributed by atoms with Gasteiger partial charge in [-0.05, 0) is 0 Å². The molecule has 0 saturated carbocycles. The average Bonchev–Trinajstić information content (AvgIpc) is 2.74. The van der Waals surface area contributed by atoms with Crippen LogP contribution in [0.2, 0.25) is 0 Å². The average molecular weight is 270 g/mol. The van der Waals surface area contributed by atoms with Gasteiger partial charge >= 0.3 is 0 Å². The van der Waals surface area contributed by atoms with Gasteiger partial charge in [-0.25, -0.2) is 0 Å². The fourth-order valence-corrected chi connectivity index (χ4v) is 3.35. The quantitative estimate of drug-likeness (QED) is 0.669. The highest BCUT2D eigenvalue weighted by atomic mass is 32.2. The van der Waals surface area contributed by atoms with Crippen LogP contribution in [0.5, 0.6) is 0 Å². The molecule has 0 aliphatic carbocycles. The first-order valence-electron chi connectivity index (χ1n) is 6.41. The van der Waals surface area contributed by atoms with E-state index in [-0.39, 0.29) is 17.2 Å². The Balaban J connectivity index is 1.49. The predicted octanol–water partition coefficient (Wildman–Crippen LogP) is -1.07. The summed E-state index contributed by atoms with van der Waals surface area (Å²) in [6.07, 6.45) is 0. The van der Waals surface area contributed by atoms with E-state index < -0.39 is 0 Å². The number of nitrogens with one attached hydrogen (secondary N) is 2. The first-order chi connectivity index (χ1) is 8.74. The van der Waals surface area contributed by atoms with Crippen molar-refractivity contribution in [3.63, 3.8) is 0 Å². The standard InChI is InChI=1S/C11H18N4O2S/c16-10(9-7-18-11(17)13-9)15-3-1-14(2-4-15)8-5-12-6-8/h8-9,12H,1-7H2,(H,13,17). The van der Waals surface area contributed by atoms with Crippen molar-refractivity contribution in [2.75, 3.05) is 45.0 Å². The minimum absolute atomic E-state index is 0.0764. The molecule has 0 aromatic heterocycles. The Labute approximate surface area is 110 Å². The molecule has 0 radical (unpaired) electrons. The highest BCUT2D eigenvalue weighted by molar-refractivity contribution is 8.14. The molecule has 18 heavy (non-hydrogen) atoms. The van der Waals surface area contributed by atoms with E-state index >= 15 is 0 Å². The molecule has 0 aromatic carbocycles. The molecule has 2 amide bonds. The molecule has 0 aromatic rings. The van der Waals surface area contributed by atoms with Gasteiger partial charge in [0.2, 0.25) is 5.91 Å². The molecule has 1 unspecified atom stereocenters. The van der Waals surface area contributed by atoms with E-state index in [4.69, 9.17) is 0 Å². The maximum absolute atomic E-state index is 12.2. The molecule has 2 N–H and O–H groups in total. The molecule has 3 aliphatic rings. The Hall–Kier alpha value is -0.790. The molecule has 6 nitrogen and oxygen atoms in total. The van der Waals surface area contributed by atoms with E-state index in [0.29, 0.717) is 11.8 Å². The Morgan fingerprint density at radius 1 is 1.22 bits per heavy atom. The van der Waals surface area contributed by atoms with Gasteiger partial charge in [-0.2, -0.15) is 0 Å². The van der Waals surface area contributed by atoms with Crippen molar-refractivity contribution in [1.29, 1.82) is 0 Å². The number of amides is 2. The first-order valence-corrected chi connectivity index (χ1v) is 7.39. The van der Waals surface area contributed by atoms with Crippen LogP contribution in [-0.4, -0.2) is 78.1 Å². The van der Waals surface area contributed by atoms with Crippen LogP contribution in [0, 0.1) is 0 Å². The van der Waals surface area contributed by atoms with Crippen molar-refractivity contribution in [2.45, 2.75) is 12.1 Å². The van der Waals surface area contributed by atoms with Crippen molar-refractivity contribution in [1.82, 2.24) is 20.4 Å². The Bertz CT molecular complexity index is 353. The van der Waals surface area contributed by atoms with E-state index in [1.807, 2.05) is 4.90 Å². The topological polar surface area (TPSA) is 64.7 Å². The first kappa shape index (κ1) is 12.3. The van der Waals surface area contributed by atoms with Crippen LogP contribution in [0.3, 0.4) is 0 Å². The number of thioether (sulfide) groups is 1. The van der Waals surface area contributed by atoms with Crippen molar-refractivity contribution in [2.24, 2.45) is 0 Å². The van der Waals surface area contributed by atoms with Crippen LogP contribution in [0.15, 0.2) is 0 Å². The predicted molar refractivity (Wildman–Crippen MR) is 69.6 cm³/mol. The second kappa shape index (κ2) is 5.07. The molecular formula is C11H18N4O2S.